The molecule has 4 rings (SSSR count). The van der Waals surface area contributed by atoms with E-state index in [1.54, 1.807) is 6.07 Å². The standard InChI is InChI=1S/C19H16F3N3O3/c1-27-16-12(21)6-13(22)17(28-2)15(16)10-7-23-18-8(10)3-4-14(24-18)25-19(26)9-5-11(9)20/h3-4,6-7,9,11H,5H2,1-2H3,(H2,23,24,25,26). The molecule has 2 atom stereocenters. The number of methoxy groups -OCH3 is 2. The van der Waals surface area contributed by atoms with Crippen molar-refractivity contribution in [1.29, 1.82) is 0 Å². The highest BCUT2D eigenvalue weighted by molar-refractivity contribution is 5.99. The number of carbonyl (C=O) groups excluding carboxylic acids is 1. The zero-order valence-electron chi connectivity index (χ0n) is 15.0. The van der Waals surface area contributed by atoms with Crippen LogP contribution in [-0.4, -0.2) is 36.3 Å². The minimum Gasteiger partial charge on any atom is -0.493 e. The monoisotopic (exact) mass is 391 g/mol. The number of H-pyrrole nitrogens is 1. The lowest BCUT2D eigenvalue weighted by atomic mass is 10.0. The van der Waals surface area contributed by atoms with Crippen molar-refractivity contribution in [3.8, 4) is 22.6 Å². The van der Waals surface area contributed by atoms with Crippen LogP contribution in [0, 0.1) is 17.6 Å². The maximum absolute atomic E-state index is 14.2. The fourth-order valence-corrected chi connectivity index (χ4v) is 3.16. The van der Waals surface area contributed by atoms with Crippen LogP contribution in [0.1, 0.15) is 6.42 Å². The number of anilines is 1. The van der Waals surface area contributed by atoms with E-state index in [4.69, 9.17) is 9.47 Å². The van der Waals surface area contributed by atoms with Crippen LogP contribution < -0.4 is 14.8 Å². The van der Waals surface area contributed by atoms with Crippen LogP contribution in [0.15, 0.2) is 24.4 Å². The molecule has 6 nitrogen and oxygen atoms in total. The number of aromatic nitrogens is 2. The Morgan fingerprint density at radius 2 is 1.86 bits per heavy atom. The second kappa shape index (κ2) is 6.74. The number of hydrogen-bond acceptors (Lipinski definition) is 4. The van der Waals surface area contributed by atoms with Crippen molar-refractivity contribution in [2.24, 2.45) is 5.92 Å². The number of fused-ring (bicyclic) bond motifs is 1. The van der Waals surface area contributed by atoms with Crippen LogP contribution in [0.4, 0.5) is 19.0 Å². The lowest BCUT2D eigenvalue weighted by Crippen LogP contribution is -2.15. The minimum atomic E-state index is -1.11. The van der Waals surface area contributed by atoms with Gasteiger partial charge in [0.05, 0.1) is 25.7 Å². The predicted molar refractivity (Wildman–Crippen MR) is 96.2 cm³/mol. The quantitative estimate of drug-likeness (QED) is 0.693. The number of benzene rings is 1. The van der Waals surface area contributed by atoms with Crippen molar-refractivity contribution >= 4 is 22.8 Å². The van der Waals surface area contributed by atoms with E-state index in [1.807, 2.05) is 0 Å². The number of aromatic amines is 1. The van der Waals surface area contributed by atoms with Crippen molar-refractivity contribution in [3.63, 3.8) is 0 Å². The van der Waals surface area contributed by atoms with Crippen molar-refractivity contribution in [2.45, 2.75) is 12.6 Å². The van der Waals surface area contributed by atoms with Gasteiger partial charge in [0.15, 0.2) is 23.1 Å². The molecule has 0 aliphatic heterocycles. The third kappa shape index (κ3) is 2.92. The zero-order chi connectivity index (χ0) is 20.0. The summed E-state index contributed by atoms with van der Waals surface area (Å²) < 4.78 is 51.7. The molecule has 146 valence electrons. The van der Waals surface area contributed by atoms with Gasteiger partial charge >= 0.3 is 0 Å². The summed E-state index contributed by atoms with van der Waals surface area (Å²) in [5.41, 5.74) is 0.887. The summed E-state index contributed by atoms with van der Waals surface area (Å²) in [6.07, 6.45) is 0.621. The van der Waals surface area contributed by atoms with Gasteiger partial charge in [-0.3, -0.25) is 4.79 Å². The van der Waals surface area contributed by atoms with Gasteiger partial charge in [-0.25, -0.2) is 18.2 Å². The van der Waals surface area contributed by atoms with E-state index < -0.39 is 29.6 Å². The molecule has 0 spiro atoms. The molecule has 1 saturated carbocycles. The number of halogens is 3. The molecule has 28 heavy (non-hydrogen) atoms. The summed E-state index contributed by atoms with van der Waals surface area (Å²) in [4.78, 5) is 19.0. The first-order valence-corrected chi connectivity index (χ1v) is 8.48. The van der Waals surface area contributed by atoms with Gasteiger partial charge in [0, 0.05) is 23.2 Å². The lowest BCUT2D eigenvalue weighted by molar-refractivity contribution is -0.117. The van der Waals surface area contributed by atoms with E-state index in [9.17, 15) is 18.0 Å². The molecule has 1 fully saturated rings. The predicted octanol–water partition coefficient (Wildman–Crippen LogP) is 3.82. The zero-order valence-corrected chi connectivity index (χ0v) is 15.0. The van der Waals surface area contributed by atoms with Crippen LogP contribution in [-0.2, 0) is 4.79 Å². The molecule has 1 aliphatic rings. The number of hydrogen-bond donors (Lipinski definition) is 2. The highest BCUT2D eigenvalue weighted by Crippen LogP contribution is 2.44. The molecule has 2 unspecified atom stereocenters. The van der Waals surface area contributed by atoms with Gasteiger partial charge in [-0.15, -0.1) is 0 Å². The van der Waals surface area contributed by atoms with Gasteiger partial charge < -0.3 is 19.8 Å². The topological polar surface area (TPSA) is 76.2 Å². The lowest BCUT2D eigenvalue weighted by Gasteiger charge is -2.14. The Hall–Kier alpha value is -3.23. The molecule has 1 aliphatic carbocycles. The first-order valence-electron chi connectivity index (χ1n) is 8.48. The van der Waals surface area contributed by atoms with E-state index in [-0.39, 0.29) is 29.3 Å². The molecule has 2 aromatic heterocycles. The molecule has 2 N–H and O–H groups in total. The minimum absolute atomic E-state index is 0.102. The fraction of sp³-hybridized carbons (Fsp3) is 0.263. The molecule has 0 radical (unpaired) electrons. The molecule has 1 aromatic carbocycles. The van der Waals surface area contributed by atoms with E-state index in [0.717, 1.165) is 0 Å². The van der Waals surface area contributed by atoms with Crippen LogP contribution in [0.25, 0.3) is 22.2 Å². The first-order chi connectivity index (χ1) is 13.4. The van der Waals surface area contributed by atoms with Crippen LogP contribution in [0.3, 0.4) is 0 Å². The molecule has 9 heteroatoms. The van der Waals surface area contributed by atoms with Crippen molar-refractivity contribution in [3.05, 3.63) is 36.0 Å². The van der Waals surface area contributed by atoms with Crippen LogP contribution in [0.5, 0.6) is 11.5 Å². The Balaban J connectivity index is 1.78. The number of alkyl halides is 1. The maximum Gasteiger partial charge on any atom is 0.231 e. The summed E-state index contributed by atoms with van der Waals surface area (Å²) in [5, 5.41) is 3.10. The molecule has 0 saturated heterocycles. The van der Waals surface area contributed by atoms with Crippen molar-refractivity contribution in [1.82, 2.24) is 9.97 Å². The molecule has 2 heterocycles. The van der Waals surface area contributed by atoms with Gasteiger partial charge in [-0.05, 0) is 18.6 Å². The number of ether oxygens (including phenoxy) is 2. The molecular formula is C19H16F3N3O3. The maximum atomic E-state index is 14.2. The first kappa shape index (κ1) is 18.1. The summed E-state index contributed by atoms with van der Waals surface area (Å²) in [6, 6.07) is 3.85. The van der Waals surface area contributed by atoms with Gasteiger partial charge in [0.25, 0.3) is 0 Å². The molecule has 0 bridgehead atoms. The number of amides is 1. The second-order valence-electron chi connectivity index (χ2n) is 6.42. The highest BCUT2D eigenvalue weighted by atomic mass is 19.1. The van der Waals surface area contributed by atoms with Crippen molar-refractivity contribution in [2.75, 3.05) is 19.5 Å². The van der Waals surface area contributed by atoms with E-state index in [2.05, 4.69) is 15.3 Å². The SMILES string of the molecule is COc1c(F)cc(F)c(OC)c1-c1c[nH]c2nc(NC(=O)C3CC3F)ccc12. The number of pyridine rings is 1. The van der Waals surface area contributed by atoms with Crippen LogP contribution in [0.2, 0.25) is 0 Å². The Morgan fingerprint density at radius 1 is 1.21 bits per heavy atom. The summed E-state index contributed by atoms with van der Waals surface area (Å²) in [5.74, 6) is -2.89. The number of nitrogens with zero attached hydrogens (tertiary/aromatic N) is 1. The average molecular weight is 391 g/mol. The Bertz CT molecular complexity index is 1050. The Kier molecular flexibility index (Phi) is 4.37. The van der Waals surface area contributed by atoms with Gasteiger partial charge in [0.1, 0.15) is 17.6 Å². The average Bonchev–Trinajstić information content (AvgIpc) is 3.26. The largest absolute Gasteiger partial charge is 0.493 e. The molecule has 1 amide bonds. The van der Waals surface area contributed by atoms with Gasteiger partial charge in [0.2, 0.25) is 5.91 Å². The fourth-order valence-electron chi connectivity index (χ4n) is 3.16. The summed E-state index contributed by atoms with van der Waals surface area (Å²) in [6.45, 7) is 0. The molecule has 3 aromatic rings. The van der Waals surface area contributed by atoms with Gasteiger partial charge in [-0.2, -0.15) is 0 Å². The Labute approximate surface area is 157 Å². The summed E-state index contributed by atoms with van der Waals surface area (Å²) >= 11 is 0. The summed E-state index contributed by atoms with van der Waals surface area (Å²) in [7, 11) is 2.55. The van der Waals surface area contributed by atoms with E-state index in [0.29, 0.717) is 22.7 Å². The third-order valence-electron chi connectivity index (χ3n) is 4.66. The van der Waals surface area contributed by atoms with E-state index >= 15 is 0 Å². The number of rotatable bonds is 5. The molecular weight excluding hydrogens is 375 g/mol. The number of nitrogens with one attached hydrogen (secondary N) is 2. The normalized spacial score (nSPS) is 18.2. The van der Waals surface area contributed by atoms with Crippen molar-refractivity contribution < 1.29 is 27.4 Å². The second-order valence-corrected chi connectivity index (χ2v) is 6.42. The van der Waals surface area contributed by atoms with E-state index in [1.165, 1.54) is 26.5 Å². The van der Waals surface area contributed by atoms with Gasteiger partial charge in [-0.1, -0.05) is 0 Å². The smallest absolute Gasteiger partial charge is 0.231 e. The van der Waals surface area contributed by atoms with Crippen LogP contribution >= 0.6 is 0 Å². The highest BCUT2D eigenvalue weighted by Gasteiger charge is 2.43. The number of carbonyl (C=O) groups is 1. The third-order valence-corrected chi connectivity index (χ3v) is 4.66. The Morgan fingerprint density at radius 3 is 2.43 bits per heavy atom.